The molecule has 0 radical (unpaired) electrons. The van der Waals surface area contributed by atoms with Crippen molar-refractivity contribution in [2.75, 3.05) is 80.8 Å². The van der Waals surface area contributed by atoms with E-state index < -0.39 is 23.9 Å². The highest BCUT2D eigenvalue weighted by molar-refractivity contribution is 7.11. The summed E-state index contributed by atoms with van der Waals surface area (Å²) >= 11 is 5.51. The van der Waals surface area contributed by atoms with Gasteiger partial charge < -0.3 is 26.0 Å². The third-order valence-corrected chi connectivity index (χ3v) is 25.5. The van der Waals surface area contributed by atoms with Crippen molar-refractivity contribution >= 4 is 112 Å². The zero-order valence-corrected chi connectivity index (χ0v) is 74.1. The number of hydrogen-bond acceptors (Lipinski definition) is 29. The smallest absolute Gasteiger partial charge is 0.384 e. The van der Waals surface area contributed by atoms with Crippen LogP contribution in [-0.2, 0) is 30.9 Å². The molecule has 8 N–H and O–H groups in total. The molecular weight excluding hydrogens is 1680 g/mol. The van der Waals surface area contributed by atoms with E-state index in [-0.39, 0.29) is 19.4 Å². The largest absolute Gasteiger partial charge is 0.401 e. The summed E-state index contributed by atoms with van der Waals surface area (Å²) in [6.07, 6.45) is 31.9. The van der Waals surface area contributed by atoms with Crippen LogP contribution in [0.1, 0.15) is 139 Å². The minimum atomic E-state index is -4.28. The molecule has 0 bridgehead atoms. The molecule has 1 atom stereocenters. The number of piperidine rings is 3. The first-order valence-corrected chi connectivity index (χ1v) is 44.2. The average molecular weight is 1780 g/mol. The van der Waals surface area contributed by atoms with Crippen LogP contribution in [0.2, 0.25) is 0 Å². The molecule has 0 amide bonds. The summed E-state index contributed by atoms with van der Waals surface area (Å²) in [5, 5.41) is 44.5. The number of aromatic nitrogens is 24. The van der Waals surface area contributed by atoms with Gasteiger partial charge in [0.1, 0.15) is 25.7 Å². The van der Waals surface area contributed by atoms with Crippen LogP contribution in [0, 0.1) is 39.0 Å². The number of imidazole rings is 4. The summed E-state index contributed by atoms with van der Waals surface area (Å²) in [7, 11) is 1.79. The maximum absolute atomic E-state index is 14.0. The molecule has 19 heterocycles. The summed E-state index contributed by atoms with van der Waals surface area (Å²) in [6, 6.07) is 8.05. The van der Waals surface area contributed by atoms with E-state index in [1.165, 1.54) is 76.7 Å². The van der Waals surface area contributed by atoms with Gasteiger partial charge in [0.25, 0.3) is 0 Å². The zero-order valence-electron chi connectivity index (χ0n) is 70.8. The molecule has 0 spiro atoms. The van der Waals surface area contributed by atoms with Crippen molar-refractivity contribution in [1.82, 2.24) is 135 Å². The monoisotopic (exact) mass is 1780 g/mol. The highest BCUT2D eigenvalue weighted by atomic mass is 32.1. The van der Waals surface area contributed by atoms with Gasteiger partial charge in [-0.1, -0.05) is 28.2 Å². The second kappa shape index (κ2) is 38.2. The summed E-state index contributed by atoms with van der Waals surface area (Å²) in [5.41, 5.74) is 16.3. The third-order valence-electron chi connectivity index (χ3n) is 22.6. The molecule has 658 valence electrons. The minimum absolute atomic E-state index is 0. The van der Waals surface area contributed by atoms with E-state index in [4.69, 9.17) is 9.72 Å². The van der Waals surface area contributed by atoms with Crippen LogP contribution in [0.25, 0.3) is 67.6 Å². The fourth-order valence-corrected chi connectivity index (χ4v) is 18.3. The van der Waals surface area contributed by atoms with Crippen LogP contribution in [0.3, 0.4) is 0 Å². The molecule has 0 aliphatic carbocycles. The van der Waals surface area contributed by atoms with Gasteiger partial charge >= 0.3 is 6.18 Å². The van der Waals surface area contributed by atoms with Crippen LogP contribution in [0.15, 0.2) is 123 Å². The maximum atomic E-state index is 14.0. The maximum Gasteiger partial charge on any atom is 0.401 e. The molecule has 3 aliphatic rings. The van der Waals surface area contributed by atoms with Crippen molar-refractivity contribution in [2.45, 2.75) is 165 Å². The standard InChI is InChI=1S/C22H28N8OS.C21H25F3N8S.C20H23FN8S.C20H24N8S.CH4/c1-15-11-30-18(16-8-24-25-9-16)10-23-21(30)20(26-15)27-19-7-17(28-32-19)12-29-6-4-5-22(2,13-29)14-31-3;1-5-20(3,4)31(12-21(22,23)24)11-15-6-17(33-30-15)29-18-19-25-9-16(14-7-26-27-8-14)32(19)10-13(2)28-18;1-13-11-29-16(14-8-23-24-9-14)10-22-19(29)18(25-13)26-17-7-15(27-30-17)12-28-5-3-20(2,21)4-6-28;1-13-3-5-27(6-4-13)12-16-7-18(29-26-16)25-19-20-21-10-17(15-8-22-23-9-15)28(20)11-14(2)24-19;/h7-11H,4-6,12-14H2,1-3H3,(H,24,25)(H,26,27);6-10H,5,11-12H2,1-4H3,(H,26,27)(H,28,29);7-11H,3-6,12H2,1-2H3,(H,23,24)(H,25,26);7-11,13H,3-6,12H2,1-2H3,(H,22,23)(H,24,25);1H4/t22-;;;;/m0..../s1. The number of anilines is 8. The molecule has 33 nitrogen and oxygen atoms in total. The van der Waals surface area contributed by atoms with E-state index in [0.717, 1.165) is 200 Å². The van der Waals surface area contributed by atoms with Gasteiger partial charge in [-0.15, -0.1) is 0 Å². The SMILES string of the molecule is C.CCC(C)(C)N(Cc1cc(Nc2nc(C)cn3c(-c4cn[nH]c4)cnc23)sn1)CC(F)(F)F.COC[C@@]1(C)CCCN(Cc2cc(Nc3nc(C)cn4c(-c5cn[nH]c5)cnc34)sn2)C1.Cc1cn2c(-c3cn[nH]c3)cnc2c(Nc2cc(CN3CCC(C)(F)CC3)ns2)n1.Cc1cn2c(-c3cn[nH]c3)cnc2c(Nc2cc(CN3CCC(C)CC3)ns2)n1. The van der Waals surface area contributed by atoms with Gasteiger partial charge in [-0.2, -0.15) is 51.1 Å². The first-order chi connectivity index (χ1) is 59.7. The molecule has 19 rings (SSSR count). The molecule has 3 fully saturated rings. The highest BCUT2D eigenvalue weighted by Gasteiger charge is 2.38. The Hall–Kier alpha value is -11.4. The van der Waals surface area contributed by atoms with Crippen molar-refractivity contribution in [3.63, 3.8) is 0 Å². The predicted molar refractivity (Wildman–Crippen MR) is 483 cm³/mol. The average Bonchev–Trinajstić information content (AvgIpc) is 1.65. The Balaban J connectivity index is 0.000000129. The number of aromatic amines is 4. The second-order valence-electron chi connectivity index (χ2n) is 33.3. The Morgan fingerprint density at radius 1 is 0.496 bits per heavy atom. The number of hydrogen-bond donors (Lipinski definition) is 8. The van der Waals surface area contributed by atoms with Crippen molar-refractivity contribution in [2.24, 2.45) is 11.3 Å². The van der Waals surface area contributed by atoms with Gasteiger partial charge in [0.2, 0.25) is 0 Å². The van der Waals surface area contributed by atoms with Gasteiger partial charge in [0.15, 0.2) is 45.9 Å². The lowest BCUT2D eigenvalue weighted by molar-refractivity contribution is -0.159. The van der Waals surface area contributed by atoms with Crippen molar-refractivity contribution in [3.05, 3.63) is 169 Å². The number of likely N-dealkylation sites (tertiary alicyclic amines) is 3. The fourth-order valence-electron chi connectivity index (χ4n) is 15.7. The fraction of sp³-hybridized carbons (Fsp3) is 0.429. The van der Waals surface area contributed by atoms with E-state index in [1.54, 1.807) is 57.3 Å². The highest BCUT2D eigenvalue weighted by Crippen LogP contribution is 2.38. The number of nitrogens with one attached hydrogen (secondary N) is 8. The van der Waals surface area contributed by atoms with E-state index >= 15 is 0 Å². The Labute approximate surface area is 736 Å². The van der Waals surface area contributed by atoms with Crippen molar-refractivity contribution in [3.8, 4) is 45.0 Å². The van der Waals surface area contributed by atoms with E-state index in [1.807, 2.05) is 134 Å². The summed E-state index contributed by atoms with van der Waals surface area (Å²) < 4.78 is 85.3. The lowest BCUT2D eigenvalue weighted by atomic mass is 9.82. The number of halogens is 4. The van der Waals surface area contributed by atoms with Crippen LogP contribution < -0.4 is 21.3 Å². The van der Waals surface area contributed by atoms with Crippen LogP contribution in [0.5, 0.6) is 0 Å². The molecule has 41 heteroatoms. The van der Waals surface area contributed by atoms with Crippen LogP contribution in [-0.4, -0.2) is 212 Å². The summed E-state index contributed by atoms with van der Waals surface area (Å²) in [6.45, 7) is 28.0. The molecule has 0 saturated carbocycles. The summed E-state index contributed by atoms with van der Waals surface area (Å²) in [5.74, 6) is 3.53. The molecule has 16 aromatic rings. The quantitative estimate of drug-likeness (QED) is 0.0246. The van der Waals surface area contributed by atoms with Gasteiger partial charge in [-0.25, -0.2) is 44.3 Å². The molecule has 0 aromatic carbocycles. The number of rotatable bonds is 25. The predicted octanol–water partition coefficient (Wildman–Crippen LogP) is 17.5. The normalized spacial score (nSPS) is 16.1. The summed E-state index contributed by atoms with van der Waals surface area (Å²) in [4.78, 5) is 45.5. The number of ether oxygens (including phenoxy) is 1. The lowest BCUT2D eigenvalue weighted by Gasteiger charge is -2.39. The minimum Gasteiger partial charge on any atom is -0.384 e. The third kappa shape index (κ3) is 21.6. The lowest BCUT2D eigenvalue weighted by Crippen LogP contribution is -2.47. The molecule has 3 aliphatic heterocycles. The molecule has 3 saturated heterocycles. The first-order valence-electron chi connectivity index (χ1n) is 41.1. The van der Waals surface area contributed by atoms with E-state index in [0.29, 0.717) is 47.2 Å². The number of alkyl halides is 4. The van der Waals surface area contributed by atoms with Crippen molar-refractivity contribution < 1.29 is 22.3 Å². The Bertz CT molecular complexity index is 6180. The van der Waals surface area contributed by atoms with Gasteiger partial charge in [-0.05, 0) is 189 Å². The molecule has 0 unspecified atom stereocenters. The number of H-pyrrole nitrogens is 4. The Kier molecular flexibility index (Phi) is 27.0. The van der Waals surface area contributed by atoms with Crippen molar-refractivity contribution in [1.29, 1.82) is 0 Å². The zero-order chi connectivity index (χ0) is 86.4. The van der Waals surface area contributed by atoms with E-state index in [9.17, 15) is 17.6 Å². The Morgan fingerprint density at radius 2 is 0.840 bits per heavy atom. The van der Waals surface area contributed by atoms with E-state index in [2.05, 4.69) is 155 Å². The second-order valence-corrected chi connectivity index (χ2v) is 36.5. The Morgan fingerprint density at radius 3 is 1.18 bits per heavy atom. The van der Waals surface area contributed by atoms with Crippen LogP contribution >= 0.6 is 46.1 Å². The van der Waals surface area contributed by atoms with Gasteiger partial charge in [0, 0.05) is 136 Å². The topological polar surface area (TPSA) is 357 Å². The molecule has 125 heavy (non-hydrogen) atoms. The number of nitrogens with zero attached hydrogens (tertiary/aromatic N) is 24. The van der Waals surface area contributed by atoms with Gasteiger partial charge in [0.05, 0.1) is 131 Å². The van der Waals surface area contributed by atoms with Gasteiger partial charge in [-0.3, -0.25) is 57.6 Å². The molecular formula is C84H104F4N32OS4. The first kappa shape index (κ1) is 88.4. The number of aryl methyl sites for hydroxylation is 4. The number of methoxy groups -OCH3 is 1. The number of fused-ring (bicyclic) bond motifs is 4. The van der Waals surface area contributed by atoms with Crippen LogP contribution in [0.4, 0.5) is 60.8 Å². The molecule has 16 aromatic heterocycles.